The van der Waals surface area contributed by atoms with Crippen LogP contribution in [0.1, 0.15) is 103 Å². The van der Waals surface area contributed by atoms with Crippen molar-refractivity contribution in [2.45, 2.75) is 118 Å². The normalized spacial score (nSPS) is 14.3. The number of carbonyl (C=O) groups is 4. The predicted molar refractivity (Wildman–Crippen MR) is 212 cm³/mol. The van der Waals surface area contributed by atoms with E-state index >= 15 is 0 Å². The summed E-state index contributed by atoms with van der Waals surface area (Å²) in [7, 11) is 0. The molecule has 10 nitrogen and oxygen atoms in total. The van der Waals surface area contributed by atoms with Crippen molar-refractivity contribution in [3.05, 3.63) is 77.9 Å². The Kier molecular flexibility index (Phi) is 17.3. The molecule has 0 fully saturated rings. The number of esters is 1. The molecular weight excluding hydrogens is 668 g/mol. The average molecular weight is 731 g/mol. The highest BCUT2D eigenvalue weighted by molar-refractivity contribution is 6.07. The van der Waals surface area contributed by atoms with Crippen molar-refractivity contribution in [2.75, 3.05) is 11.9 Å². The molecule has 0 spiro atoms. The van der Waals surface area contributed by atoms with Crippen molar-refractivity contribution in [3.63, 3.8) is 0 Å². The van der Waals surface area contributed by atoms with Crippen molar-refractivity contribution in [2.24, 2.45) is 23.7 Å². The third-order valence-corrected chi connectivity index (χ3v) is 9.43. The second kappa shape index (κ2) is 21.3. The van der Waals surface area contributed by atoms with Gasteiger partial charge in [-0.05, 0) is 61.0 Å². The summed E-state index contributed by atoms with van der Waals surface area (Å²) in [5.74, 6) is -1.40. The van der Waals surface area contributed by atoms with E-state index in [9.17, 15) is 24.3 Å². The minimum absolute atomic E-state index is 0.00855. The van der Waals surface area contributed by atoms with Crippen LogP contribution in [0.2, 0.25) is 0 Å². The molecule has 0 aliphatic rings. The van der Waals surface area contributed by atoms with Crippen LogP contribution in [-0.2, 0) is 25.7 Å². The van der Waals surface area contributed by atoms with Crippen LogP contribution in [0.5, 0.6) is 0 Å². The molecule has 5 N–H and O–H groups in total. The van der Waals surface area contributed by atoms with Crippen LogP contribution in [0.3, 0.4) is 0 Å². The fourth-order valence-electron chi connectivity index (χ4n) is 6.30. The molecule has 3 aromatic carbocycles. The molecule has 0 radical (unpaired) electrons. The molecule has 290 valence electrons. The van der Waals surface area contributed by atoms with Gasteiger partial charge in [-0.1, -0.05) is 122 Å². The SMILES string of the molecule is CCCC[C@H](NC(=O)C(C)Nc1c(C(=O)OCc2ccccc2)ccc2ccccc12)C(=O)N[C@@H](CC(C)C)[C@@H](O)CC(C(=O)NCC(C)C)C(C)C. The second-order valence-electron chi connectivity index (χ2n) is 15.4. The van der Waals surface area contributed by atoms with Crippen LogP contribution in [0, 0.1) is 23.7 Å². The molecule has 0 aromatic heterocycles. The van der Waals surface area contributed by atoms with Crippen LogP contribution in [-0.4, -0.2) is 59.6 Å². The quantitative estimate of drug-likeness (QED) is 0.0743. The molecule has 0 aliphatic heterocycles. The summed E-state index contributed by atoms with van der Waals surface area (Å²) < 4.78 is 5.67. The third kappa shape index (κ3) is 13.5. The lowest BCUT2D eigenvalue weighted by atomic mass is 9.85. The fraction of sp³-hybridized carbons (Fsp3) is 0.535. The molecule has 2 unspecified atom stereocenters. The van der Waals surface area contributed by atoms with Crippen molar-refractivity contribution in [1.82, 2.24) is 16.0 Å². The highest BCUT2D eigenvalue weighted by atomic mass is 16.5. The Bertz CT molecular complexity index is 1630. The van der Waals surface area contributed by atoms with Gasteiger partial charge in [0.2, 0.25) is 17.7 Å². The fourth-order valence-corrected chi connectivity index (χ4v) is 6.30. The maximum atomic E-state index is 13.9. The standard InChI is InChI=1S/C43H62N4O6/c1-9-10-20-36(42(51)47-37(23-27(2)3)38(48)24-35(29(6)7)41(50)44-25-28(4)5)46-40(49)30(8)45-39-33-19-15-14-18-32(33)21-22-34(39)43(52)53-26-31-16-12-11-13-17-31/h11-19,21-22,27-30,35-38,45,48H,9-10,20,23-26H2,1-8H3,(H,44,50)(H,46,49)(H,47,51)/t30?,35?,36-,37-,38-/m0/s1. The van der Waals surface area contributed by atoms with E-state index in [4.69, 9.17) is 4.74 Å². The van der Waals surface area contributed by atoms with E-state index in [1.807, 2.05) is 109 Å². The van der Waals surface area contributed by atoms with Gasteiger partial charge in [0.1, 0.15) is 18.7 Å². The Labute approximate surface area is 316 Å². The van der Waals surface area contributed by atoms with Crippen molar-refractivity contribution >= 4 is 40.2 Å². The number of anilines is 1. The number of ether oxygens (including phenoxy) is 1. The number of benzene rings is 3. The van der Waals surface area contributed by atoms with Crippen molar-refractivity contribution in [1.29, 1.82) is 0 Å². The van der Waals surface area contributed by atoms with Crippen LogP contribution >= 0.6 is 0 Å². The molecule has 5 atom stereocenters. The third-order valence-electron chi connectivity index (χ3n) is 9.43. The summed E-state index contributed by atoms with van der Waals surface area (Å²) in [4.78, 5) is 54.2. The maximum Gasteiger partial charge on any atom is 0.340 e. The summed E-state index contributed by atoms with van der Waals surface area (Å²) in [6.45, 7) is 16.4. The van der Waals surface area contributed by atoms with E-state index in [1.54, 1.807) is 13.0 Å². The van der Waals surface area contributed by atoms with Crippen LogP contribution < -0.4 is 21.3 Å². The summed E-state index contributed by atoms with van der Waals surface area (Å²) in [5.41, 5.74) is 1.62. The van der Waals surface area contributed by atoms with E-state index in [1.165, 1.54) is 0 Å². The monoisotopic (exact) mass is 730 g/mol. The Hall–Kier alpha value is -4.44. The summed E-state index contributed by atoms with van der Waals surface area (Å²) in [6.07, 6.45) is 1.66. The van der Waals surface area contributed by atoms with E-state index in [0.717, 1.165) is 22.8 Å². The predicted octanol–water partition coefficient (Wildman–Crippen LogP) is 7.00. The number of aliphatic hydroxyl groups is 1. The van der Waals surface area contributed by atoms with Crippen molar-refractivity contribution < 1.29 is 29.0 Å². The number of hydrogen-bond acceptors (Lipinski definition) is 7. The zero-order valence-corrected chi connectivity index (χ0v) is 32.9. The van der Waals surface area contributed by atoms with Gasteiger partial charge in [-0.3, -0.25) is 14.4 Å². The summed E-state index contributed by atoms with van der Waals surface area (Å²) in [6, 6.07) is 18.2. The molecule has 3 rings (SSSR count). The number of aliphatic hydroxyl groups excluding tert-OH is 1. The number of rotatable bonds is 21. The first kappa shape index (κ1) is 43.0. The summed E-state index contributed by atoms with van der Waals surface area (Å²) >= 11 is 0. The van der Waals surface area contributed by atoms with Crippen molar-refractivity contribution in [3.8, 4) is 0 Å². The number of nitrogens with one attached hydrogen (secondary N) is 4. The Morgan fingerprint density at radius 2 is 1.43 bits per heavy atom. The van der Waals surface area contributed by atoms with Gasteiger partial charge < -0.3 is 31.1 Å². The van der Waals surface area contributed by atoms with Gasteiger partial charge in [-0.25, -0.2) is 4.79 Å². The largest absolute Gasteiger partial charge is 0.457 e. The summed E-state index contributed by atoms with van der Waals surface area (Å²) in [5, 5.41) is 25.3. The number of fused-ring (bicyclic) bond motifs is 1. The van der Waals surface area contributed by atoms with Gasteiger partial charge in [0.25, 0.3) is 0 Å². The number of amides is 3. The highest BCUT2D eigenvalue weighted by Gasteiger charge is 2.33. The number of hydrogen-bond donors (Lipinski definition) is 5. The minimum Gasteiger partial charge on any atom is -0.457 e. The first-order valence-electron chi connectivity index (χ1n) is 19.3. The lowest BCUT2D eigenvalue weighted by molar-refractivity contribution is -0.131. The Balaban J connectivity index is 1.79. The van der Waals surface area contributed by atoms with E-state index in [2.05, 4.69) is 21.3 Å². The van der Waals surface area contributed by atoms with Gasteiger partial charge in [-0.2, -0.15) is 0 Å². The molecule has 10 heteroatoms. The number of unbranched alkanes of at least 4 members (excludes halogenated alkanes) is 1. The molecule has 53 heavy (non-hydrogen) atoms. The van der Waals surface area contributed by atoms with Crippen LogP contribution in [0.25, 0.3) is 10.8 Å². The molecule has 0 heterocycles. The van der Waals surface area contributed by atoms with Crippen LogP contribution in [0.4, 0.5) is 5.69 Å². The first-order valence-corrected chi connectivity index (χ1v) is 19.3. The zero-order valence-electron chi connectivity index (χ0n) is 32.9. The van der Waals surface area contributed by atoms with Gasteiger partial charge in [0.05, 0.1) is 23.4 Å². The Morgan fingerprint density at radius 1 is 0.755 bits per heavy atom. The molecule has 0 bridgehead atoms. The van der Waals surface area contributed by atoms with Gasteiger partial charge >= 0.3 is 5.97 Å². The molecule has 0 saturated heterocycles. The van der Waals surface area contributed by atoms with E-state index in [-0.39, 0.29) is 36.7 Å². The van der Waals surface area contributed by atoms with Gasteiger partial charge in [0.15, 0.2) is 0 Å². The molecule has 3 amide bonds. The topological polar surface area (TPSA) is 146 Å². The highest BCUT2D eigenvalue weighted by Crippen LogP contribution is 2.29. The van der Waals surface area contributed by atoms with Gasteiger partial charge in [0, 0.05) is 17.8 Å². The molecule has 0 aliphatic carbocycles. The van der Waals surface area contributed by atoms with Crippen LogP contribution in [0.15, 0.2) is 66.7 Å². The van der Waals surface area contributed by atoms with E-state index in [0.29, 0.717) is 43.0 Å². The average Bonchev–Trinajstić information content (AvgIpc) is 3.13. The lowest BCUT2D eigenvalue weighted by Gasteiger charge is -2.31. The molecule has 3 aromatic rings. The van der Waals surface area contributed by atoms with E-state index < -0.39 is 42.0 Å². The maximum absolute atomic E-state index is 13.9. The Morgan fingerprint density at radius 3 is 2.08 bits per heavy atom. The second-order valence-corrected chi connectivity index (χ2v) is 15.4. The minimum atomic E-state index is -0.965. The molecular formula is C43H62N4O6. The first-order chi connectivity index (χ1) is 25.2. The zero-order chi connectivity index (χ0) is 39.1. The smallest absolute Gasteiger partial charge is 0.340 e. The van der Waals surface area contributed by atoms with Gasteiger partial charge in [-0.15, -0.1) is 0 Å². The molecule has 0 saturated carbocycles. The lowest BCUT2D eigenvalue weighted by Crippen LogP contribution is -2.55. The number of carbonyl (C=O) groups excluding carboxylic acids is 4.